The van der Waals surface area contributed by atoms with Gasteiger partial charge in [-0.05, 0) is 56.5 Å². The van der Waals surface area contributed by atoms with E-state index in [9.17, 15) is 9.59 Å². The van der Waals surface area contributed by atoms with Gasteiger partial charge in [0.15, 0.2) is 0 Å². The molecule has 138 valence electrons. The lowest BCUT2D eigenvalue weighted by Gasteiger charge is -2.06. The first-order valence-electron chi connectivity index (χ1n) is 8.75. The number of nitrogens with one attached hydrogen (secondary N) is 1. The molecule has 2 heterocycles. The highest BCUT2D eigenvalue weighted by molar-refractivity contribution is 7.20. The number of amides is 1. The molecule has 0 saturated heterocycles. The second-order valence-electron chi connectivity index (χ2n) is 6.70. The molecule has 2 aromatic heterocycles. The first kappa shape index (κ1) is 17.6. The minimum atomic E-state index is -0.409. The van der Waals surface area contributed by atoms with E-state index in [-0.39, 0.29) is 5.91 Å². The summed E-state index contributed by atoms with van der Waals surface area (Å²) >= 11 is 1.40. The maximum atomic E-state index is 12.8. The van der Waals surface area contributed by atoms with E-state index in [0.29, 0.717) is 22.0 Å². The van der Waals surface area contributed by atoms with Gasteiger partial charge in [0.1, 0.15) is 10.7 Å². The molecule has 1 aliphatic rings. The first-order valence-corrected chi connectivity index (χ1v) is 9.57. The van der Waals surface area contributed by atoms with Gasteiger partial charge in [0, 0.05) is 17.0 Å². The SMILES string of the molecule is COC(=O)c1ccc(NC(=O)c2sc3nc(C4CC4)nc(C)c3c2C)cc1. The fourth-order valence-corrected chi connectivity index (χ4v) is 4.23. The van der Waals surface area contributed by atoms with Crippen molar-refractivity contribution in [3.8, 4) is 0 Å². The fourth-order valence-electron chi connectivity index (χ4n) is 3.10. The Hall–Kier alpha value is -2.80. The Morgan fingerprint density at radius 2 is 1.85 bits per heavy atom. The van der Waals surface area contributed by atoms with Crippen molar-refractivity contribution in [2.45, 2.75) is 32.6 Å². The molecule has 1 aliphatic carbocycles. The molecule has 0 radical (unpaired) electrons. The number of nitrogens with zero attached hydrogens (tertiary/aromatic N) is 2. The number of carbonyl (C=O) groups excluding carboxylic acids is 2. The molecule has 0 spiro atoms. The quantitative estimate of drug-likeness (QED) is 0.684. The van der Waals surface area contributed by atoms with Gasteiger partial charge in [0.05, 0.1) is 23.2 Å². The normalized spacial score (nSPS) is 13.6. The minimum absolute atomic E-state index is 0.186. The summed E-state index contributed by atoms with van der Waals surface area (Å²) in [7, 11) is 1.34. The van der Waals surface area contributed by atoms with Gasteiger partial charge in [-0.2, -0.15) is 0 Å². The number of methoxy groups -OCH3 is 1. The van der Waals surface area contributed by atoms with E-state index >= 15 is 0 Å². The van der Waals surface area contributed by atoms with Gasteiger partial charge in [-0.25, -0.2) is 14.8 Å². The Kier molecular flexibility index (Phi) is 4.39. The second-order valence-corrected chi connectivity index (χ2v) is 7.70. The molecule has 1 N–H and O–H groups in total. The zero-order valence-electron chi connectivity index (χ0n) is 15.3. The van der Waals surface area contributed by atoms with Crippen molar-refractivity contribution in [1.29, 1.82) is 0 Å². The summed E-state index contributed by atoms with van der Waals surface area (Å²) in [4.78, 5) is 35.1. The molecule has 1 saturated carbocycles. The van der Waals surface area contributed by atoms with Gasteiger partial charge in [-0.15, -0.1) is 11.3 Å². The number of benzene rings is 1. The van der Waals surface area contributed by atoms with Crippen molar-refractivity contribution in [3.63, 3.8) is 0 Å². The van der Waals surface area contributed by atoms with Gasteiger partial charge >= 0.3 is 5.97 Å². The molecule has 7 heteroatoms. The third-order valence-corrected chi connectivity index (χ3v) is 5.89. The van der Waals surface area contributed by atoms with Crippen LogP contribution in [0.3, 0.4) is 0 Å². The van der Waals surface area contributed by atoms with Crippen molar-refractivity contribution in [3.05, 3.63) is 51.8 Å². The summed E-state index contributed by atoms with van der Waals surface area (Å²) < 4.78 is 4.68. The summed E-state index contributed by atoms with van der Waals surface area (Å²) in [6, 6.07) is 6.61. The molecule has 1 aromatic carbocycles. The van der Waals surface area contributed by atoms with E-state index in [1.165, 1.54) is 18.4 Å². The molecule has 1 fully saturated rings. The van der Waals surface area contributed by atoms with Crippen molar-refractivity contribution < 1.29 is 14.3 Å². The first-order chi connectivity index (χ1) is 13.0. The van der Waals surface area contributed by atoms with Gasteiger partial charge in [-0.3, -0.25) is 4.79 Å². The highest BCUT2D eigenvalue weighted by atomic mass is 32.1. The minimum Gasteiger partial charge on any atom is -0.465 e. The predicted molar refractivity (Wildman–Crippen MR) is 105 cm³/mol. The molecule has 0 unspecified atom stereocenters. The highest BCUT2D eigenvalue weighted by Crippen LogP contribution is 2.40. The zero-order valence-corrected chi connectivity index (χ0v) is 16.1. The summed E-state index contributed by atoms with van der Waals surface area (Å²) in [5.74, 6) is 0.773. The molecule has 0 aliphatic heterocycles. The fraction of sp³-hybridized carbons (Fsp3) is 0.300. The van der Waals surface area contributed by atoms with Crippen LogP contribution in [-0.4, -0.2) is 29.0 Å². The number of aryl methyl sites for hydroxylation is 2. The average molecular weight is 381 g/mol. The van der Waals surface area contributed by atoms with Crippen LogP contribution < -0.4 is 5.32 Å². The van der Waals surface area contributed by atoms with Crippen molar-refractivity contribution >= 4 is 39.1 Å². The molecule has 0 atom stereocenters. The van der Waals surface area contributed by atoms with Crippen LogP contribution in [0.1, 0.15) is 55.9 Å². The molecular formula is C20H19N3O3S. The zero-order chi connectivity index (χ0) is 19.1. The third kappa shape index (κ3) is 3.30. The second kappa shape index (κ2) is 6.74. The number of esters is 1. The molecule has 27 heavy (non-hydrogen) atoms. The summed E-state index contributed by atoms with van der Waals surface area (Å²) in [5, 5.41) is 3.85. The summed E-state index contributed by atoms with van der Waals surface area (Å²) in [5.41, 5.74) is 2.88. The predicted octanol–water partition coefficient (Wildman–Crippen LogP) is 4.22. The lowest BCUT2D eigenvalue weighted by Crippen LogP contribution is -2.11. The highest BCUT2D eigenvalue weighted by Gasteiger charge is 2.28. The Morgan fingerprint density at radius 3 is 2.48 bits per heavy atom. The van der Waals surface area contributed by atoms with Crippen LogP contribution in [-0.2, 0) is 4.74 Å². The molecule has 6 nitrogen and oxygen atoms in total. The number of anilines is 1. The number of rotatable bonds is 4. The number of thiophene rings is 1. The van der Waals surface area contributed by atoms with E-state index in [1.807, 2.05) is 13.8 Å². The lowest BCUT2D eigenvalue weighted by atomic mass is 10.1. The molecular weight excluding hydrogens is 362 g/mol. The Bertz CT molecular complexity index is 1050. The lowest BCUT2D eigenvalue weighted by molar-refractivity contribution is 0.0600. The Balaban J connectivity index is 1.61. The Labute approximate surface area is 160 Å². The van der Waals surface area contributed by atoms with Gasteiger partial charge in [-0.1, -0.05) is 0 Å². The van der Waals surface area contributed by atoms with E-state index in [0.717, 1.165) is 40.1 Å². The average Bonchev–Trinajstić information content (AvgIpc) is 3.45. The van der Waals surface area contributed by atoms with E-state index in [1.54, 1.807) is 24.3 Å². The number of fused-ring (bicyclic) bond motifs is 1. The molecule has 0 bridgehead atoms. The maximum absolute atomic E-state index is 12.8. The van der Waals surface area contributed by atoms with Crippen LogP contribution in [0.25, 0.3) is 10.2 Å². The monoisotopic (exact) mass is 381 g/mol. The van der Waals surface area contributed by atoms with Crippen LogP contribution in [0, 0.1) is 13.8 Å². The molecule has 4 rings (SSSR count). The smallest absolute Gasteiger partial charge is 0.337 e. The maximum Gasteiger partial charge on any atom is 0.337 e. The van der Waals surface area contributed by atoms with Crippen LogP contribution >= 0.6 is 11.3 Å². The number of ether oxygens (including phenoxy) is 1. The summed E-state index contributed by atoms with van der Waals surface area (Å²) in [6.07, 6.45) is 2.29. The molecule has 1 amide bonds. The molecule has 3 aromatic rings. The van der Waals surface area contributed by atoms with Gasteiger partial charge in [0.25, 0.3) is 5.91 Å². The van der Waals surface area contributed by atoms with E-state index in [2.05, 4.69) is 20.0 Å². The van der Waals surface area contributed by atoms with Gasteiger partial charge in [0.2, 0.25) is 0 Å². The Morgan fingerprint density at radius 1 is 1.15 bits per heavy atom. The van der Waals surface area contributed by atoms with Crippen molar-refractivity contribution in [1.82, 2.24) is 9.97 Å². The number of aromatic nitrogens is 2. The third-order valence-electron chi connectivity index (χ3n) is 4.70. The topological polar surface area (TPSA) is 81.2 Å². The van der Waals surface area contributed by atoms with Crippen molar-refractivity contribution in [2.75, 3.05) is 12.4 Å². The number of carbonyl (C=O) groups is 2. The van der Waals surface area contributed by atoms with Crippen LogP contribution in [0.4, 0.5) is 5.69 Å². The van der Waals surface area contributed by atoms with E-state index < -0.39 is 5.97 Å². The standard InChI is InChI=1S/C20H19N3O3S/c1-10-15-11(2)21-17(12-4-5-12)23-19(15)27-16(10)18(24)22-14-8-6-13(7-9-14)20(25)26-3/h6-9,12H,4-5H2,1-3H3,(H,22,24). The van der Waals surface area contributed by atoms with E-state index in [4.69, 9.17) is 0 Å². The van der Waals surface area contributed by atoms with Crippen LogP contribution in [0.5, 0.6) is 0 Å². The largest absolute Gasteiger partial charge is 0.465 e. The number of hydrogen-bond donors (Lipinski definition) is 1. The van der Waals surface area contributed by atoms with Crippen molar-refractivity contribution in [2.24, 2.45) is 0 Å². The number of hydrogen-bond acceptors (Lipinski definition) is 6. The van der Waals surface area contributed by atoms with Crippen LogP contribution in [0.15, 0.2) is 24.3 Å². The van der Waals surface area contributed by atoms with Crippen LogP contribution in [0.2, 0.25) is 0 Å². The van der Waals surface area contributed by atoms with Gasteiger partial charge < -0.3 is 10.1 Å². The summed E-state index contributed by atoms with van der Waals surface area (Å²) in [6.45, 7) is 3.91.